The van der Waals surface area contributed by atoms with E-state index in [4.69, 9.17) is 4.42 Å². The van der Waals surface area contributed by atoms with Crippen LogP contribution in [-0.2, 0) is 0 Å². The maximum absolute atomic E-state index is 14.2. The zero-order chi connectivity index (χ0) is 26.8. The molecule has 0 unspecified atom stereocenters. The van der Waals surface area contributed by atoms with Crippen LogP contribution in [0.2, 0.25) is 0 Å². The number of piperazine rings is 1. The normalized spacial score (nSPS) is 13.7. The Kier molecular flexibility index (Phi) is 7.51. The highest BCUT2D eigenvalue weighted by Gasteiger charge is 2.25. The van der Waals surface area contributed by atoms with Crippen molar-refractivity contribution in [1.82, 2.24) is 4.90 Å². The first-order chi connectivity index (χ1) is 18.4. The molecule has 2 heterocycles. The summed E-state index contributed by atoms with van der Waals surface area (Å²) in [4.78, 5) is 32.0. The molecule has 8 heteroatoms. The lowest BCUT2D eigenvalue weighted by Crippen LogP contribution is -2.49. The zero-order valence-electron chi connectivity index (χ0n) is 21.4. The van der Waals surface area contributed by atoms with E-state index < -0.39 is 5.82 Å². The molecule has 0 N–H and O–H groups in total. The minimum Gasteiger partial charge on any atom is -0.452 e. The summed E-state index contributed by atoms with van der Waals surface area (Å²) < 4.78 is 20.8. The van der Waals surface area contributed by atoms with Crippen LogP contribution in [-0.4, -0.2) is 55.9 Å². The summed E-state index contributed by atoms with van der Waals surface area (Å²) in [6.07, 6.45) is 0. The lowest BCUT2D eigenvalue weighted by Gasteiger charge is -2.36. The number of nitrogens with zero attached hydrogens (tertiary/aromatic N) is 3. The SMILES string of the molecule is CCN(CC)c1ccc2cc(C(=O)c3ccc(N4CCN(C(=O)c5ccc(Br)cc5F)CC4)cc3)oc2c1. The van der Waals surface area contributed by atoms with Gasteiger partial charge in [0.25, 0.3) is 5.91 Å². The Balaban J connectivity index is 1.24. The number of rotatable bonds is 7. The number of fused-ring (bicyclic) bond motifs is 1. The second-order valence-corrected chi connectivity index (χ2v) is 10.2. The molecule has 38 heavy (non-hydrogen) atoms. The van der Waals surface area contributed by atoms with Crippen LogP contribution in [0, 0.1) is 5.82 Å². The fraction of sp³-hybridized carbons (Fsp3) is 0.267. The molecular formula is C30H29BrFN3O3. The van der Waals surface area contributed by atoms with Gasteiger partial charge in [-0.2, -0.15) is 0 Å². The number of ketones is 1. The van der Waals surface area contributed by atoms with Gasteiger partial charge in [0, 0.05) is 72.1 Å². The number of anilines is 2. The number of amides is 1. The van der Waals surface area contributed by atoms with Crippen molar-refractivity contribution >= 4 is 50.0 Å². The first-order valence-electron chi connectivity index (χ1n) is 12.8. The van der Waals surface area contributed by atoms with Gasteiger partial charge >= 0.3 is 0 Å². The van der Waals surface area contributed by atoms with Crippen molar-refractivity contribution in [3.8, 4) is 0 Å². The molecule has 1 aromatic heterocycles. The number of carbonyl (C=O) groups excluding carboxylic acids is 2. The highest BCUT2D eigenvalue weighted by molar-refractivity contribution is 9.10. The highest BCUT2D eigenvalue weighted by atomic mass is 79.9. The summed E-state index contributed by atoms with van der Waals surface area (Å²) in [5.74, 6) is -0.674. The Bertz CT molecular complexity index is 1470. The molecule has 0 aliphatic carbocycles. The Hall–Kier alpha value is -3.65. The minimum atomic E-state index is -0.527. The van der Waals surface area contributed by atoms with Crippen LogP contribution in [0.25, 0.3) is 11.0 Å². The first kappa shape index (κ1) is 26.0. The summed E-state index contributed by atoms with van der Waals surface area (Å²) >= 11 is 3.22. The first-order valence-corrected chi connectivity index (χ1v) is 13.6. The number of hydrogen-bond donors (Lipinski definition) is 0. The average Bonchev–Trinajstić information content (AvgIpc) is 3.37. The topological polar surface area (TPSA) is 57.0 Å². The van der Waals surface area contributed by atoms with Crippen LogP contribution in [0.3, 0.4) is 0 Å². The van der Waals surface area contributed by atoms with Crippen molar-refractivity contribution < 1.29 is 18.4 Å². The molecule has 1 amide bonds. The Morgan fingerprint density at radius 3 is 2.29 bits per heavy atom. The van der Waals surface area contributed by atoms with Crippen molar-refractivity contribution in [2.45, 2.75) is 13.8 Å². The molecule has 1 saturated heterocycles. The number of benzene rings is 3. The van der Waals surface area contributed by atoms with Gasteiger partial charge in [-0.1, -0.05) is 15.9 Å². The van der Waals surface area contributed by atoms with E-state index in [-0.39, 0.29) is 17.3 Å². The van der Waals surface area contributed by atoms with Gasteiger partial charge in [-0.05, 0) is 74.5 Å². The quantitative estimate of drug-likeness (QED) is 0.239. The number of hydrogen-bond acceptors (Lipinski definition) is 5. The van der Waals surface area contributed by atoms with Gasteiger partial charge in [0.1, 0.15) is 11.4 Å². The van der Waals surface area contributed by atoms with Crippen LogP contribution < -0.4 is 9.80 Å². The van der Waals surface area contributed by atoms with E-state index >= 15 is 0 Å². The summed E-state index contributed by atoms with van der Waals surface area (Å²) in [5, 5.41) is 0.899. The summed E-state index contributed by atoms with van der Waals surface area (Å²) in [6, 6.07) is 19.8. The van der Waals surface area contributed by atoms with Crippen molar-refractivity contribution in [2.75, 3.05) is 49.1 Å². The Morgan fingerprint density at radius 2 is 1.63 bits per heavy atom. The highest BCUT2D eigenvalue weighted by Crippen LogP contribution is 2.27. The van der Waals surface area contributed by atoms with E-state index in [9.17, 15) is 14.0 Å². The van der Waals surface area contributed by atoms with Crippen LogP contribution in [0.4, 0.5) is 15.8 Å². The third kappa shape index (κ3) is 5.18. The summed E-state index contributed by atoms with van der Waals surface area (Å²) in [5.41, 5.74) is 3.38. The second-order valence-electron chi connectivity index (χ2n) is 9.28. The van der Waals surface area contributed by atoms with E-state index in [0.29, 0.717) is 47.6 Å². The molecule has 5 rings (SSSR count). The maximum atomic E-state index is 14.2. The molecular weight excluding hydrogens is 549 g/mol. The fourth-order valence-electron chi connectivity index (χ4n) is 4.88. The van der Waals surface area contributed by atoms with Gasteiger partial charge in [-0.15, -0.1) is 0 Å². The number of halogens is 2. The van der Waals surface area contributed by atoms with Gasteiger partial charge in [-0.3, -0.25) is 9.59 Å². The minimum absolute atomic E-state index is 0.0828. The maximum Gasteiger partial charge on any atom is 0.256 e. The largest absolute Gasteiger partial charge is 0.452 e. The van der Waals surface area contributed by atoms with E-state index in [1.165, 1.54) is 12.1 Å². The fourth-order valence-corrected chi connectivity index (χ4v) is 5.22. The summed E-state index contributed by atoms with van der Waals surface area (Å²) in [7, 11) is 0. The van der Waals surface area contributed by atoms with Crippen LogP contribution in [0.1, 0.15) is 40.3 Å². The van der Waals surface area contributed by atoms with Crippen molar-refractivity contribution in [2.24, 2.45) is 0 Å². The van der Waals surface area contributed by atoms with Crippen LogP contribution in [0.5, 0.6) is 0 Å². The smallest absolute Gasteiger partial charge is 0.256 e. The molecule has 0 atom stereocenters. The Morgan fingerprint density at radius 1 is 0.921 bits per heavy atom. The molecule has 1 fully saturated rings. The zero-order valence-corrected chi connectivity index (χ0v) is 23.0. The molecule has 1 aliphatic rings. The molecule has 0 bridgehead atoms. The molecule has 4 aromatic rings. The summed E-state index contributed by atoms with van der Waals surface area (Å²) in [6.45, 7) is 8.24. The monoisotopic (exact) mass is 577 g/mol. The molecule has 196 valence electrons. The molecule has 1 aliphatic heterocycles. The van der Waals surface area contributed by atoms with Crippen LogP contribution in [0.15, 0.2) is 75.6 Å². The molecule has 3 aromatic carbocycles. The van der Waals surface area contributed by atoms with Gasteiger partial charge in [0.05, 0.1) is 5.56 Å². The van der Waals surface area contributed by atoms with Crippen LogP contribution >= 0.6 is 15.9 Å². The van der Waals surface area contributed by atoms with E-state index in [0.717, 1.165) is 29.9 Å². The number of furan rings is 1. The van der Waals surface area contributed by atoms with Crippen molar-refractivity contribution in [3.05, 3.63) is 93.9 Å². The third-order valence-corrected chi connectivity index (χ3v) is 7.57. The molecule has 0 radical (unpaired) electrons. The predicted molar refractivity (Wildman–Crippen MR) is 152 cm³/mol. The van der Waals surface area contributed by atoms with Gasteiger partial charge in [0.2, 0.25) is 5.78 Å². The van der Waals surface area contributed by atoms with E-state index in [2.05, 4.69) is 45.6 Å². The molecule has 0 spiro atoms. The van der Waals surface area contributed by atoms with E-state index in [1.54, 1.807) is 29.2 Å². The lowest BCUT2D eigenvalue weighted by molar-refractivity contribution is 0.0742. The van der Waals surface area contributed by atoms with E-state index in [1.807, 2.05) is 24.3 Å². The Labute approximate surface area is 229 Å². The number of carbonyl (C=O) groups is 2. The van der Waals surface area contributed by atoms with Crippen molar-refractivity contribution in [1.29, 1.82) is 0 Å². The second kappa shape index (κ2) is 11.0. The molecule has 0 saturated carbocycles. The van der Waals surface area contributed by atoms with Gasteiger partial charge in [0.15, 0.2) is 5.76 Å². The van der Waals surface area contributed by atoms with Gasteiger partial charge < -0.3 is 19.1 Å². The third-order valence-electron chi connectivity index (χ3n) is 7.08. The average molecular weight is 578 g/mol. The standard InChI is InChI=1S/C30H29BrFN3O3/c1-3-33(4-2)24-11-7-21-17-28(38-27(21)19-24)29(36)20-5-9-23(10-6-20)34-13-15-35(16-14-34)30(37)25-12-8-22(31)18-26(25)32/h5-12,17-19H,3-4,13-16H2,1-2H3. The van der Waals surface area contributed by atoms with Crippen molar-refractivity contribution in [3.63, 3.8) is 0 Å². The van der Waals surface area contributed by atoms with Gasteiger partial charge in [-0.25, -0.2) is 4.39 Å². The molecule has 6 nitrogen and oxygen atoms in total. The predicted octanol–water partition coefficient (Wildman–Crippen LogP) is 6.37. The lowest BCUT2D eigenvalue weighted by atomic mass is 10.1.